The molecule has 0 saturated heterocycles. The van der Waals surface area contributed by atoms with Crippen molar-refractivity contribution in [3.05, 3.63) is 65.3 Å². The molecule has 0 saturated carbocycles. The summed E-state index contributed by atoms with van der Waals surface area (Å²) in [7, 11) is 0. The summed E-state index contributed by atoms with van der Waals surface area (Å²) in [4.78, 5) is 28.3. The second-order valence-corrected chi connectivity index (χ2v) is 7.23. The first-order valence-corrected chi connectivity index (χ1v) is 9.61. The molecule has 2 N–H and O–H groups in total. The molecule has 2 amide bonds. The van der Waals surface area contributed by atoms with E-state index in [1.165, 1.54) is 6.07 Å². The van der Waals surface area contributed by atoms with Crippen molar-refractivity contribution in [3.63, 3.8) is 0 Å². The summed E-state index contributed by atoms with van der Waals surface area (Å²) in [6.07, 6.45) is 0.390. The van der Waals surface area contributed by atoms with Gasteiger partial charge in [-0.2, -0.15) is 4.98 Å². The lowest BCUT2D eigenvalue weighted by molar-refractivity contribution is -0.116. The Hall–Kier alpha value is -3.55. The van der Waals surface area contributed by atoms with E-state index in [1.807, 2.05) is 13.8 Å². The zero-order valence-corrected chi connectivity index (χ0v) is 17.0. The van der Waals surface area contributed by atoms with Crippen LogP contribution in [0.3, 0.4) is 0 Å². The molecule has 1 aromatic heterocycles. The Morgan fingerprint density at radius 2 is 1.87 bits per heavy atom. The molecule has 30 heavy (non-hydrogen) atoms. The van der Waals surface area contributed by atoms with Gasteiger partial charge in [0.1, 0.15) is 5.82 Å². The number of carbonyl (C=O) groups excluding carboxylic acids is 2. The van der Waals surface area contributed by atoms with Crippen LogP contribution in [0.25, 0.3) is 11.4 Å². The van der Waals surface area contributed by atoms with Crippen molar-refractivity contribution in [1.29, 1.82) is 0 Å². The van der Waals surface area contributed by atoms with Crippen molar-refractivity contribution >= 4 is 17.5 Å². The number of hydrogen-bond acceptors (Lipinski definition) is 5. The van der Waals surface area contributed by atoms with Crippen molar-refractivity contribution in [3.8, 4) is 11.4 Å². The van der Waals surface area contributed by atoms with Crippen LogP contribution < -0.4 is 10.6 Å². The van der Waals surface area contributed by atoms with Gasteiger partial charge in [-0.1, -0.05) is 17.3 Å². The maximum Gasteiger partial charge on any atom is 0.251 e. The topological polar surface area (TPSA) is 97.1 Å². The maximum atomic E-state index is 13.7. The summed E-state index contributed by atoms with van der Waals surface area (Å²) < 4.78 is 18.9. The van der Waals surface area contributed by atoms with Gasteiger partial charge in [-0.25, -0.2) is 4.39 Å². The minimum absolute atomic E-state index is 0.0483. The molecule has 3 aromatic rings. The lowest BCUT2D eigenvalue weighted by Crippen LogP contribution is -2.30. The average molecular weight is 410 g/mol. The van der Waals surface area contributed by atoms with E-state index in [1.54, 1.807) is 43.3 Å². The predicted octanol–water partition coefficient (Wildman–Crippen LogP) is 3.89. The number of carbonyl (C=O) groups is 2. The Labute approximate surface area is 173 Å². The molecule has 7 nitrogen and oxygen atoms in total. The van der Waals surface area contributed by atoms with E-state index in [0.29, 0.717) is 28.3 Å². The quantitative estimate of drug-likeness (QED) is 0.616. The second-order valence-electron chi connectivity index (χ2n) is 7.23. The molecular weight excluding hydrogens is 387 g/mol. The highest BCUT2D eigenvalue weighted by Crippen LogP contribution is 2.19. The molecule has 3 rings (SSSR count). The van der Waals surface area contributed by atoms with Gasteiger partial charge in [0.05, 0.1) is 0 Å². The molecule has 1 heterocycles. The molecule has 0 aliphatic heterocycles. The first-order valence-electron chi connectivity index (χ1n) is 9.61. The van der Waals surface area contributed by atoms with Crippen LogP contribution in [-0.2, 0) is 11.2 Å². The molecule has 0 bridgehead atoms. The van der Waals surface area contributed by atoms with Gasteiger partial charge in [0, 0.05) is 35.7 Å². The fourth-order valence-corrected chi connectivity index (χ4v) is 2.70. The van der Waals surface area contributed by atoms with E-state index in [4.69, 9.17) is 4.52 Å². The SMILES string of the molecule is Cc1ccc(-c2noc(CCC(=O)Nc3ccc(C(=O)NC(C)C)cc3)n2)cc1F. The highest BCUT2D eigenvalue weighted by molar-refractivity contribution is 5.95. The summed E-state index contributed by atoms with van der Waals surface area (Å²) in [5.41, 5.74) is 2.15. The number of aromatic nitrogens is 2. The number of benzene rings is 2. The summed E-state index contributed by atoms with van der Waals surface area (Å²) >= 11 is 0. The second kappa shape index (κ2) is 9.30. The molecule has 0 radical (unpaired) electrons. The summed E-state index contributed by atoms with van der Waals surface area (Å²) in [6.45, 7) is 5.45. The number of amides is 2. The highest BCUT2D eigenvalue weighted by Gasteiger charge is 2.13. The zero-order chi connectivity index (χ0) is 21.7. The molecular formula is C22H23FN4O3. The maximum absolute atomic E-state index is 13.7. The number of hydrogen-bond donors (Lipinski definition) is 2. The lowest BCUT2D eigenvalue weighted by atomic mass is 10.1. The van der Waals surface area contributed by atoms with Gasteiger partial charge in [-0.15, -0.1) is 0 Å². The zero-order valence-electron chi connectivity index (χ0n) is 17.0. The number of nitrogens with zero attached hydrogens (tertiary/aromatic N) is 2. The van der Waals surface area contributed by atoms with Crippen LogP contribution in [0.1, 0.15) is 42.1 Å². The van der Waals surface area contributed by atoms with E-state index in [2.05, 4.69) is 20.8 Å². The average Bonchev–Trinajstić information content (AvgIpc) is 3.17. The third-order valence-corrected chi connectivity index (χ3v) is 4.31. The van der Waals surface area contributed by atoms with E-state index in [9.17, 15) is 14.0 Å². The van der Waals surface area contributed by atoms with Gasteiger partial charge in [-0.05, 0) is 56.7 Å². The van der Waals surface area contributed by atoms with Gasteiger partial charge in [-0.3, -0.25) is 9.59 Å². The predicted molar refractivity (Wildman–Crippen MR) is 110 cm³/mol. The van der Waals surface area contributed by atoms with Gasteiger partial charge in [0.2, 0.25) is 17.6 Å². The Morgan fingerprint density at radius 3 is 2.53 bits per heavy atom. The molecule has 0 fully saturated rings. The first-order chi connectivity index (χ1) is 14.3. The van der Waals surface area contributed by atoms with Crippen LogP contribution in [0.15, 0.2) is 47.0 Å². The van der Waals surface area contributed by atoms with Crippen LogP contribution >= 0.6 is 0 Å². The monoisotopic (exact) mass is 410 g/mol. The van der Waals surface area contributed by atoms with Crippen LogP contribution in [-0.4, -0.2) is 28.0 Å². The third-order valence-electron chi connectivity index (χ3n) is 4.31. The van der Waals surface area contributed by atoms with Crippen LogP contribution in [0.4, 0.5) is 10.1 Å². The summed E-state index contributed by atoms with van der Waals surface area (Å²) in [5.74, 6) is -0.161. The standard InChI is InChI=1S/C22H23FN4O3/c1-13(2)24-22(29)15-6-8-17(9-7-15)25-19(28)10-11-20-26-21(27-30-20)16-5-4-14(3)18(23)12-16/h4-9,12-13H,10-11H2,1-3H3,(H,24,29)(H,25,28). The first kappa shape index (κ1) is 21.2. The Balaban J connectivity index is 1.53. The fraction of sp³-hybridized carbons (Fsp3) is 0.273. The Morgan fingerprint density at radius 1 is 1.13 bits per heavy atom. The third kappa shape index (κ3) is 5.50. The highest BCUT2D eigenvalue weighted by atomic mass is 19.1. The lowest BCUT2D eigenvalue weighted by Gasteiger charge is -2.09. The molecule has 8 heteroatoms. The minimum Gasteiger partial charge on any atom is -0.350 e. The van der Waals surface area contributed by atoms with Crippen LogP contribution in [0.5, 0.6) is 0 Å². The van der Waals surface area contributed by atoms with Crippen LogP contribution in [0.2, 0.25) is 0 Å². The summed E-state index contributed by atoms with van der Waals surface area (Å²) in [6, 6.07) is 11.4. The van der Waals surface area contributed by atoms with Crippen molar-refractivity contribution in [1.82, 2.24) is 15.5 Å². The molecule has 0 unspecified atom stereocenters. The van der Waals surface area contributed by atoms with Gasteiger partial charge in [0.25, 0.3) is 5.91 Å². The molecule has 0 spiro atoms. The number of rotatable bonds is 7. The van der Waals surface area contributed by atoms with Crippen LogP contribution in [0, 0.1) is 12.7 Å². The Bertz CT molecular complexity index is 1040. The van der Waals surface area contributed by atoms with Crippen molar-refractivity contribution < 1.29 is 18.5 Å². The van der Waals surface area contributed by atoms with E-state index >= 15 is 0 Å². The smallest absolute Gasteiger partial charge is 0.251 e. The molecule has 2 aromatic carbocycles. The van der Waals surface area contributed by atoms with Crippen molar-refractivity contribution in [2.45, 2.75) is 39.7 Å². The van der Waals surface area contributed by atoms with Gasteiger partial charge < -0.3 is 15.2 Å². The molecule has 0 aliphatic carbocycles. The van der Waals surface area contributed by atoms with E-state index in [0.717, 1.165) is 0 Å². The van der Waals surface area contributed by atoms with Crippen molar-refractivity contribution in [2.24, 2.45) is 0 Å². The fourth-order valence-electron chi connectivity index (χ4n) is 2.70. The number of aryl methyl sites for hydroxylation is 2. The van der Waals surface area contributed by atoms with Crippen molar-refractivity contribution in [2.75, 3.05) is 5.32 Å². The molecule has 0 atom stereocenters. The van der Waals surface area contributed by atoms with E-state index in [-0.39, 0.29) is 42.3 Å². The van der Waals surface area contributed by atoms with Gasteiger partial charge in [0.15, 0.2) is 0 Å². The largest absolute Gasteiger partial charge is 0.350 e. The number of nitrogens with one attached hydrogen (secondary N) is 2. The van der Waals surface area contributed by atoms with E-state index < -0.39 is 0 Å². The Kier molecular flexibility index (Phi) is 6.56. The normalized spacial score (nSPS) is 10.8. The summed E-state index contributed by atoms with van der Waals surface area (Å²) in [5, 5.41) is 9.41. The number of halogens is 1. The molecule has 156 valence electrons. The minimum atomic E-state index is -0.342. The number of anilines is 1. The van der Waals surface area contributed by atoms with Gasteiger partial charge >= 0.3 is 0 Å². The molecule has 0 aliphatic rings.